The van der Waals surface area contributed by atoms with Crippen LogP contribution in [0.25, 0.3) is 22.2 Å². The summed E-state index contributed by atoms with van der Waals surface area (Å²) in [7, 11) is 3.98. The molecule has 0 spiro atoms. The van der Waals surface area contributed by atoms with Crippen molar-refractivity contribution in [1.82, 2.24) is 15.2 Å². The molecule has 0 radical (unpaired) electrons. The van der Waals surface area contributed by atoms with Crippen LogP contribution in [0.4, 0.5) is 11.4 Å². The van der Waals surface area contributed by atoms with Crippen molar-refractivity contribution >= 4 is 22.3 Å². The molecular weight excluding hydrogens is 422 g/mol. The molecule has 6 nitrogen and oxygen atoms in total. The minimum atomic E-state index is 0.752. The molecule has 2 aromatic carbocycles. The summed E-state index contributed by atoms with van der Waals surface area (Å²) < 4.78 is 5.54. The van der Waals surface area contributed by atoms with Crippen molar-refractivity contribution in [2.45, 2.75) is 6.42 Å². The molecule has 3 aliphatic rings. The topological polar surface area (TPSA) is 43.9 Å². The highest BCUT2D eigenvalue weighted by Crippen LogP contribution is 2.39. The summed E-state index contributed by atoms with van der Waals surface area (Å²) in [6.07, 6.45) is 1.30. The zero-order valence-corrected chi connectivity index (χ0v) is 20.3. The Labute approximate surface area is 202 Å². The number of nitrogens with zero attached hydrogens (tertiary/aromatic N) is 4. The zero-order valence-electron chi connectivity index (χ0n) is 20.3. The van der Waals surface area contributed by atoms with Gasteiger partial charge in [-0.05, 0) is 62.2 Å². The quantitative estimate of drug-likeness (QED) is 0.645. The molecule has 4 heterocycles. The Balaban J connectivity index is 1.37. The van der Waals surface area contributed by atoms with Gasteiger partial charge in [-0.15, -0.1) is 0 Å². The third-order valence-electron chi connectivity index (χ3n) is 7.99. The number of fused-ring (bicyclic) bond motifs is 2. The number of ether oxygens (including phenoxy) is 1. The van der Waals surface area contributed by atoms with E-state index in [4.69, 9.17) is 9.72 Å². The van der Waals surface area contributed by atoms with E-state index in [2.05, 4.69) is 75.6 Å². The summed E-state index contributed by atoms with van der Waals surface area (Å²) in [6.45, 7) is 8.91. The average Bonchev–Trinajstić information content (AvgIpc) is 3.31. The Hall–Kier alpha value is -2.83. The van der Waals surface area contributed by atoms with Crippen LogP contribution in [-0.4, -0.2) is 76.4 Å². The highest BCUT2D eigenvalue weighted by Gasteiger charge is 2.36. The third kappa shape index (κ3) is 4.10. The van der Waals surface area contributed by atoms with Gasteiger partial charge in [0.2, 0.25) is 0 Å². The van der Waals surface area contributed by atoms with Crippen LogP contribution in [0.5, 0.6) is 5.75 Å². The maximum absolute atomic E-state index is 5.54. The minimum Gasteiger partial charge on any atom is -0.497 e. The summed E-state index contributed by atoms with van der Waals surface area (Å²) in [4.78, 5) is 12.7. The van der Waals surface area contributed by atoms with Gasteiger partial charge >= 0.3 is 0 Å². The fraction of sp³-hybridized carbons (Fsp3) is 0.464. The third-order valence-corrected chi connectivity index (χ3v) is 7.99. The van der Waals surface area contributed by atoms with E-state index in [1.807, 2.05) is 0 Å². The second-order valence-electron chi connectivity index (χ2n) is 10.2. The molecule has 0 bridgehead atoms. The molecule has 2 atom stereocenters. The van der Waals surface area contributed by atoms with Crippen LogP contribution in [0.15, 0.2) is 48.5 Å². The van der Waals surface area contributed by atoms with Gasteiger partial charge in [0, 0.05) is 74.2 Å². The molecule has 178 valence electrons. The van der Waals surface area contributed by atoms with Gasteiger partial charge in [-0.1, -0.05) is 12.1 Å². The van der Waals surface area contributed by atoms with Crippen molar-refractivity contribution in [1.29, 1.82) is 0 Å². The summed E-state index contributed by atoms with van der Waals surface area (Å²) in [6, 6.07) is 17.6. The molecule has 3 saturated heterocycles. The highest BCUT2D eigenvalue weighted by atomic mass is 16.5. The van der Waals surface area contributed by atoms with Gasteiger partial charge < -0.3 is 24.8 Å². The number of piperidine rings is 1. The molecule has 6 heteroatoms. The molecule has 0 saturated carbocycles. The molecule has 6 rings (SSSR count). The first-order chi connectivity index (χ1) is 16.7. The lowest BCUT2D eigenvalue weighted by Crippen LogP contribution is -2.43. The lowest BCUT2D eigenvalue weighted by atomic mass is 9.89. The van der Waals surface area contributed by atoms with Crippen molar-refractivity contribution < 1.29 is 4.74 Å². The summed E-state index contributed by atoms with van der Waals surface area (Å²) in [5, 5.41) is 4.65. The Morgan fingerprint density at radius 3 is 2.47 bits per heavy atom. The van der Waals surface area contributed by atoms with Crippen LogP contribution in [0.3, 0.4) is 0 Å². The van der Waals surface area contributed by atoms with Crippen LogP contribution in [0, 0.1) is 11.8 Å². The highest BCUT2D eigenvalue weighted by molar-refractivity contribution is 5.95. The molecule has 3 fully saturated rings. The smallest absolute Gasteiger partial charge is 0.121 e. The van der Waals surface area contributed by atoms with Crippen LogP contribution in [0.2, 0.25) is 0 Å². The van der Waals surface area contributed by atoms with E-state index >= 15 is 0 Å². The van der Waals surface area contributed by atoms with Crippen molar-refractivity contribution in [3.8, 4) is 17.0 Å². The number of anilines is 2. The monoisotopic (exact) mass is 457 g/mol. The molecule has 0 amide bonds. The number of hydrogen-bond donors (Lipinski definition) is 1. The maximum atomic E-state index is 5.54. The predicted octanol–water partition coefficient (Wildman–Crippen LogP) is 3.71. The van der Waals surface area contributed by atoms with Crippen LogP contribution < -0.4 is 19.9 Å². The van der Waals surface area contributed by atoms with Gasteiger partial charge in [0.15, 0.2) is 0 Å². The Bertz CT molecular complexity index is 1160. The average molecular weight is 458 g/mol. The summed E-state index contributed by atoms with van der Waals surface area (Å²) in [5.41, 5.74) is 5.81. The minimum absolute atomic E-state index is 0.752. The van der Waals surface area contributed by atoms with Gasteiger partial charge in [-0.2, -0.15) is 0 Å². The second kappa shape index (κ2) is 9.08. The first-order valence-corrected chi connectivity index (χ1v) is 12.7. The zero-order chi connectivity index (χ0) is 23.1. The number of rotatable bonds is 4. The molecule has 34 heavy (non-hydrogen) atoms. The number of aromatic nitrogens is 1. The van der Waals surface area contributed by atoms with Crippen LogP contribution >= 0.6 is 0 Å². The van der Waals surface area contributed by atoms with E-state index in [-0.39, 0.29) is 0 Å². The van der Waals surface area contributed by atoms with Gasteiger partial charge in [0.1, 0.15) is 5.75 Å². The number of likely N-dealkylation sites (tertiary alicyclic amines) is 1. The molecule has 0 aliphatic carbocycles. The SMILES string of the molecule is COc1ccc2c(N3CC4CCN(C)CC4C3)cc(-c3ccc(N4CCNCC4)cc3)nc2c1. The lowest BCUT2D eigenvalue weighted by Gasteiger charge is -2.31. The molecule has 1 aromatic heterocycles. The van der Waals surface area contributed by atoms with Crippen molar-refractivity contribution in [2.24, 2.45) is 11.8 Å². The molecular formula is C28H35N5O. The number of benzene rings is 2. The van der Waals surface area contributed by atoms with E-state index in [9.17, 15) is 0 Å². The lowest BCUT2D eigenvalue weighted by molar-refractivity contribution is 0.178. The van der Waals surface area contributed by atoms with E-state index in [1.54, 1.807) is 7.11 Å². The van der Waals surface area contributed by atoms with E-state index in [0.717, 1.165) is 68.1 Å². The van der Waals surface area contributed by atoms with E-state index in [1.165, 1.54) is 41.8 Å². The van der Waals surface area contributed by atoms with Crippen molar-refractivity contribution in [3.63, 3.8) is 0 Å². The Morgan fingerprint density at radius 2 is 1.68 bits per heavy atom. The number of pyridine rings is 1. The molecule has 3 aliphatic heterocycles. The van der Waals surface area contributed by atoms with Gasteiger partial charge in [-0.25, -0.2) is 4.98 Å². The second-order valence-corrected chi connectivity index (χ2v) is 10.2. The first kappa shape index (κ1) is 21.7. The standard InChI is InChI=1S/C28H35N5O/c1-31-12-9-21-18-33(19-22(21)17-31)28-16-26(30-27-15-24(34-2)7-8-25(27)28)20-3-5-23(6-4-20)32-13-10-29-11-14-32/h3-8,15-16,21-22,29H,9-14,17-19H2,1-2H3. The molecule has 3 aromatic rings. The predicted molar refractivity (Wildman–Crippen MR) is 140 cm³/mol. The molecule has 2 unspecified atom stereocenters. The van der Waals surface area contributed by atoms with Gasteiger partial charge in [0.25, 0.3) is 0 Å². The van der Waals surface area contributed by atoms with E-state index in [0.29, 0.717) is 0 Å². The first-order valence-electron chi connectivity index (χ1n) is 12.7. The Kier molecular flexibility index (Phi) is 5.79. The normalized spacial score (nSPS) is 23.4. The Morgan fingerprint density at radius 1 is 0.882 bits per heavy atom. The fourth-order valence-corrected chi connectivity index (χ4v) is 6.04. The number of piperazine rings is 1. The number of hydrogen-bond acceptors (Lipinski definition) is 6. The maximum Gasteiger partial charge on any atom is 0.121 e. The van der Waals surface area contributed by atoms with Crippen LogP contribution in [0.1, 0.15) is 6.42 Å². The van der Waals surface area contributed by atoms with Crippen molar-refractivity contribution in [3.05, 3.63) is 48.5 Å². The molecule has 1 N–H and O–H groups in total. The summed E-state index contributed by atoms with van der Waals surface area (Å²) in [5.74, 6) is 2.40. The number of methoxy groups -OCH3 is 1. The van der Waals surface area contributed by atoms with E-state index < -0.39 is 0 Å². The van der Waals surface area contributed by atoms with Gasteiger partial charge in [0.05, 0.1) is 18.3 Å². The van der Waals surface area contributed by atoms with Gasteiger partial charge in [-0.3, -0.25) is 0 Å². The largest absolute Gasteiger partial charge is 0.497 e. The van der Waals surface area contributed by atoms with Crippen LogP contribution in [-0.2, 0) is 0 Å². The van der Waals surface area contributed by atoms with Crippen molar-refractivity contribution in [2.75, 3.05) is 76.3 Å². The number of nitrogens with one attached hydrogen (secondary N) is 1. The fourth-order valence-electron chi connectivity index (χ4n) is 6.04. The summed E-state index contributed by atoms with van der Waals surface area (Å²) >= 11 is 0.